The summed E-state index contributed by atoms with van der Waals surface area (Å²) in [6.45, 7) is 3.85. The zero-order chi connectivity index (χ0) is 16.7. The van der Waals surface area contributed by atoms with Crippen LogP contribution >= 0.6 is 0 Å². The van der Waals surface area contributed by atoms with Crippen molar-refractivity contribution >= 4 is 11.9 Å². The van der Waals surface area contributed by atoms with Crippen LogP contribution in [0.5, 0.6) is 5.75 Å². The van der Waals surface area contributed by atoms with E-state index in [9.17, 15) is 18.4 Å². The molecule has 1 amide bonds. The summed E-state index contributed by atoms with van der Waals surface area (Å²) >= 11 is 0. The van der Waals surface area contributed by atoms with E-state index in [4.69, 9.17) is 9.84 Å². The molecule has 0 aliphatic heterocycles. The van der Waals surface area contributed by atoms with E-state index in [0.29, 0.717) is 5.75 Å². The summed E-state index contributed by atoms with van der Waals surface area (Å²) in [7, 11) is 0. The van der Waals surface area contributed by atoms with Crippen LogP contribution in [0.2, 0.25) is 0 Å². The van der Waals surface area contributed by atoms with E-state index < -0.39 is 30.8 Å². The van der Waals surface area contributed by atoms with Gasteiger partial charge in [-0.15, -0.1) is 0 Å². The Kier molecular flexibility index (Phi) is 6.75. The Bertz CT molecular complexity index is 534. The van der Waals surface area contributed by atoms with Gasteiger partial charge in [-0.25, -0.2) is 13.6 Å². The predicted octanol–water partition coefficient (Wildman–Crippen LogP) is 2.30. The number of halogens is 2. The molecule has 1 unspecified atom stereocenters. The molecule has 0 heterocycles. The lowest BCUT2D eigenvalue weighted by Crippen LogP contribution is -2.42. The first-order chi connectivity index (χ1) is 10.3. The summed E-state index contributed by atoms with van der Waals surface area (Å²) in [6.07, 6.45) is -3.83. The van der Waals surface area contributed by atoms with Crippen LogP contribution in [0.15, 0.2) is 18.2 Å². The van der Waals surface area contributed by atoms with Crippen molar-refractivity contribution in [2.75, 3.05) is 6.61 Å². The molecule has 0 bridgehead atoms. The third kappa shape index (κ3) is 6.07. The number of rotatable bonds is 8. The first-order valence-corrected chi connectivity index (χ1v) is 6.80. The van der Waals surface area contributed by atoms with Crippen molar-refractivity contribution in [2.24, 2.45) is 0 Å². The molecule has 0 spiro atoms. The number of carbonyl (C=O) groups is 2. The fourth-order valence-electron chi connectivity index (χ4n) is 1.88. The Labute approximate surface area is 127 Å². The Morgan fingerprint density at radius 1 is 1.32 bits per heavy atom. The zero-order valence-electron chi connectivity index (χ0n) is 12.4. The highest BCUT2D eigenvalue weighted by Gasteiger charge is 2.23. The van der Waals surface area contributed by atoms with Gasteiger partial charge in [-0.2, -0.15) is 0 Å². The quantitative estimate of drug-likeness (QED) is 0.772. The van der Waals surface area contributed by atoms with Crippen LogP contribution in [-0.2, 0) is 9.59 Å². The minimum absolute atomic E-state index is 0.0384. The highest BCUT2D eigenvalue weighted by Crippen LogP contribution is 2.18. The van der Waals surface area contributed by atoms with E-state index in [1.807, 2.05) is 26.0 Å². The molecule has 0 aromatic heterocycles. The van der Waals surface area contributed by atoms with Crippen molar-refractivity contribution in [2.45, 2.75) is 39.2 Å². The fourth-order valence-corrected chi connectivity index (χ4v) is 1.88. The van der Waals surface area contributed by atoms with Crippen LogP contribution in [0.25, 0.3) is 0 Å². The van der Waals surface area contributed by atoms with Crippen molar-refractivity contribution in [3.63, 3.8) is 0 Å². The molecule has 7 heteroatoms. The molecule has 122 valence electrons. The first-order valence-electron chi connectivity index (χ1n) is 6.80. The number of carbonyl (C=O) groups excluding carboxylic acids is 1. The molecular weight excluding hydrogens is 296 g/mol. The molecule has 0 saturated heterocycles. The van der Waals surface area contributed by atoms with Gasteiger partial charge in [0.15, 0.2) is 0 Å². The summed E-state index contributed by atoms with van der Waals surface area (Å²) in [5, 5.41) is 10.8. The van der Waals surface area contributed by atoms with Crippen molar-refractivity contribution in [3.05, 3.63) is 29.3 Å². The third-order valence-electron chi connectivity index (χ3n) is 2.96. The summed E-state index contributed by atoms with van der Waals surface area (Å²) in [5.41, 5.74) is 2.00. The Hall–Kier alpha value is -2.18. The van der Waals surface area contributed by atoms with Crippen LogP contribution in [0.1, 0.15) is 24.0 Å². The van der Waals surface area contributed by atoms with Crippen LogP contribution in [0.3, 0.4) is 0 Å². The van der Waals surface area contributed by atoms with Crippen molar-refractivity contribution < 1.29 is 28.2 Å². The maximum atomic E-state index is 12.2. The number of hydrogen-bond donors (Lipinski definition) is 2. The Morgan fingerprint density at radius 3 is 2.55 bits per heavy atom. The van der Waals surface area contributed by atoms with E-state index in [-0.39, 0.29) is 13.0 Å². The molecule has 5 nitrogen and oxygen atoms in total. The Morgan fingerprint density at radius 2 is 2.00 bits per heavy atom. The Balaban J connectivity index is 2.43. The van der Waals surface area contributed by atoms with E-state index in [1.165, 1.54) is 0 Å². The van der Waals surface area contributed by atoms with Crippen molar-refractivity contribution in [1.29, 1.82) is 0 Å². The van der Waals surface area contributed by atoms with Gasteiger partial charge in [0.25, 0.3) is 0 Å². The van der Waals surface area contributed by atoms with Crippen molar-refractivity contribution in [3.8, 4) is 5.75 Å². The maximum Gasteiger partial charge on any atom is 0.326 e. The highest BCUT2D eigenvalue weighted by atomic mass is 19.3. The summed E-state index contributed by atoms with van der Waals surface area (Å²) in [4.78, 5) is 22.3. The molecule has 0 aliphatic rings. The van der Waals surface area contributed by atoms with E-state index in [2.05, 4.69) is 5.32 Å². The average Bonchev–Trinajstić information content (AvgIpc) is 2.40. The summed E-state index contributed by atoms with van der Waals surface area (Å²) in [5.74, 6) is -1.50. The number of aliphatic carboxylic acids is 1. The molecular formula is C15H19F2NO4. The number of hydrogen-bond acceptors (Lipinski definition) is 3. The molecule has 0 aliphatic carbocycles. The van der Waals surface area contributed by atoms with Gasteiger partial charge in [-0.1, -0.05) is 17.7 Å². The SMILES string of the molecule is Cc1ccc(OCCC(=O)NC(CC(F)F)C(=O)O)c(C)c1. The number of ether oxygens (including phenoxy) is 1. The molecule has 2 N–H and O–H groups in total. The van der Waals surface area contributed by atoms with E-state index in [1.54, 1.807) is 6.07 Å². The first kappa shape index (κ1) is 17.9. The van der Waals surface area contributed by atoms with Crippen LogP contribution in [0.4, 0.5) is 8.78 Å². The van der Waals surface area contributed by atoms with Crippen molar-refractivity contribution in [1.82, 2.24) is 5.32 Å². The maximum absolute atomic E-state index is 12.2. The number of alkyl halides is 2. The van der Waals surface area contributed by atoms with Crippen LogP contribution < -0.4 is 10.1 Å². The minimum Gasteiger partial charge on any atom is -0.493 e. The molecule has 0 fully saturated rings. The normalized spacial score (nSPS) is 12.0. The average molecular weight is 315 g/mol. The minimum atomic E-state index is -2.80. The number of carboxylic acid groups (broad SMARTS) is 1. The van der Waals surface area contributed by atoms with Gasteiger partial charge in [0.2, 0.25) is 12.3 Å². The molecule has 0 saturated carbocycles. The lowest BCUT2D eigenvalue weighted by molar-refractivity contribution is -0.143. The molecule has 1 aromatic rings. The molecule has 22 heavy (non-hydrogen) atoms. The molecule has 1 rings (SSSR count). The van der Waals surface area contributed by atoms with Gasteiger partial charge in [-0.05, 0) is 25.5 Å². The molecule has 1 atom stereocenters. The number of nitrogens with one attached hydrogen (secondary N) is 1. The molecule has 0 radical (unpaired) electrons. The monoisotopic (exact) mass is 315 g/mol. The second kappa shape index (κ2) is 8.31. The van der Waals surface area contributed by atoms with Gasteiger partial charge in [0, 0.05) is 6.42 Å². The smallest absolute Gasteiger partial charge is 0.326 e. The van der Waals surface area contributed by atoms with E-state index >= 15 is 0 Å². The predicted molar refractivity (Wildman–Crippen MR) is 76.2 cm³/mol. The lowest BCUT2D eigenvalue weighted by Gasteiger charge is -2.14. The summed E-state index contributed by atoms with van der Waals surface area (Å²) < 4.78 is 29.8. The van der Waals surface area contributed by atoms with Gasteiger partial charge in [0.05, 0.1) is 13.0 Å². The highest BCUT2D eigenvalue weighted by molar-refractivity contribution is 5.83. The number of amides is 1. The van der Waals surface area contributed by atoms with Gasteiger partial charge in [-0.3, -0.25) is 4.79 Å². The fraction of sp³-hybridized carbons (Fsp3) is 0.467. The number of benzene rings is 1. The number of aryl methyl sites for hydroxylation is 2. The van der Waals surface area contributed by atoms with Crippen LogP contribution in [-0.4, -0.2) is 36.1 Å². The lowest BCUT2D eigenvalue weighted by atomic mass is 10.1. The van der Waals surface area contributed by atoms with Gasteiger partial charge in [0.1, 0.15) is 11.8 Å². The zero-order valence-corrected chi connectivity index (χ0v) is 12.4. The molecule has 1 aromatic carbocycles. The number of carboxylic acids is 1. The third-order valence-corrected chi connectivity index (χ3v) is 2.96. The van der Waals surface area contributed by atoms with E-state index in [0.717, 1.165) is 11.1 Å². The second-order valence-electron chi connectivity index (χ2n) is 4.95. The second-order valence-corrected chi connectivity index (χ2v) is 4.95. The van der Waals surface area contributed by atoms with Gasteiger partial charge < -0.3 is 15.2 Å². The van der Waals surface area contributed by atoms with Crippen LogP contribution in [0, 0.1) is 13.8 Å². The largest absolute Gasteiger partial charge is 0.493 e. The standard InChI is InChI=1S/C15H19F2NO4/c1-9-3-4-12(10(2)7-9)22-6-5-14(19)18-11(15(20)21)8-13(16)17/h3-4,7,11,13H,5-6,8H2,1-2H3,(H,18,19)(H,20,21). The van der Waals surface area contributed by atoms with Gasteiger partial charge >= 0.3 is 5.97 Å². The summed E-state index contributed by atoms with van der Waals surface area (Å²) in [6, 6.07) is 3.98. The topological polar surface area (TPSA) is 75.6 Å².